The van der Waals surface area contributed by atoms with Crippen molar-refractivity contribution < 1.29 is 22.5 Å². The summed E-state index contributed by atoms with van der Waals surface area (Å²) in [7, 11) is -2.29. The number of rotatable bonds is 7. The lowest BCUT2D eigenvalue weighted by Gasteiger charge is -2.22. The fourth-order valence-electron chi connectivity index (χ4n) is 3.46. The molecule has 0 unspecified atom stereocenters. The molecule has 0 spiro atoms. The molecular weight excluding hydrogens is 380 g/mol. The number of carbonyl (C=O) groups excluding carboxylic acids is 1. The van der Waals surface area contributed by atoms with Crippen LogP contribution < -0.4 is 10.1 Å². The Balaban J connectivity index is 1.73. The van der Waals surface area contributed by atoms with Gasteiger partial charge in [0.1, 0.15) is 10.6 Å². The first kappa shape index (κ1) is 20.4. The lowest BCUT2D eigenvalue weighted by Crippen LogP contribution is -2.36. The van der Waals surface area contributed by atoms with Crippen molar-refractivity contribution in [3.63, 3.8) is 0 Å². The number of benzene rings is 1. The van der Waals surface area contributed by atoms with E-state index in [-0.39, 0.29) is 34.8 Å². The third kappa shape index (κ3) is 4.92. The molecule has 1 amide bonds. The van der Waals surface area contributed by atoms with Crippen molar-refractivity contribution in [3.8, 4) is 17.1 Å². The van der Waals surface area contributed by atoms with E-state index >= 15 is 0 Å². The van der Waals surface area contributed by atoms with E-state index < -0.39 is 9.84 Å². The van der Waals surface area contributed by atoms with Crippen molar-refractivity contribution in [2.24, 2.45) is 0 Å². The van der Waals surface area contributed by atoms with Crippen LogP contribution in [0.2, 0.25) is 0 Å². The SMILES string of the molecule is COc1ccc(-c2cc(C)no2)cc1S(=O)(=O)CCC(=O)NC1CCCCC1. The molecule has 2 aromatic rings. The molecule has 28 heavy (non-hydrogen) atoms. The van der Waals surface area contributed by atoms with E-state index in [1.54, 1.807) is 25.1 Å². The molecule has 152 valence electrons. The summed E-state index contributed by atoms with van der Waals surface area (Å²) >= 11 is 0. The first-order valence-electron chi connectivity index (χ1n) is 9.53. The van der Waals surface area contributed by atoms with Gasteiger partial charge in [-0.05, 0) is 38.0 Å². The lowest BCUT2D eigenvalue weighted by molar-refractivity contribution is -0.121. The summed E-state index contributed by atoms with van der Waals surface area (Å²) in [5.74, 6) is 0.219. The smallest absolute Gasteiger partial charge is 0.221 e. The summed E-state index contributed by atoms with van der Waals surface area (Å²) in [5, 5.41) is 6.79. The maximum absolute atomic E-state index is 12.9. The van der Waals surface area contributed by atoms with Gasteiger partial charge in [0.25, 0.3) is 0 Å². The third-order valence-corrected chi connectivity index (χ3v) is 6.71. The standard InChI is InChI=1S/C20H26N2O5S/c1-14-12-18(27-22-14)15-8-9-17(26-2)19(13-15)28(24,25)11-10-20(23)21-16-6-4-3-5-7-16/h8-9,12-13,16H,3-7,10-11H2,1-2H3,(H,21,23). The van der Waals surface area contributed by atoms with E-state index in [1.165, 1.54) is 19.6 Å². The van der Waals surface area contributed by atoms with E-state index in [0.717, 1.165) is 25.7 Å². The number of hydrogen-bond acceptors (Lipinski definition) is 6. The molecule has 1 aromatic carbocycles. The number of nitrogens with zero attached hydrogens (tertiary/aromatic N) is 1. The van der Waals surface area contributed by atoms with Gasteiger partial charge in [-0.25, -0.2) is 8.42 Å². The Morgan fingerprint density at radius 1 is 1.25 bits per heavy atom. The molecule has 1 aliphatic carbocycles. The Kier molecular flexibility index (Phi) is 6.39. The van der Waals surface area contributed by atoms with Gasteiger partial charge in [-0.1, -0.05) is 24.4 Å². The molecule has 1 saturated carbocycles. The summed E-state index contributed by atoms with van der Waals surface area (Å²) in [4.78, 5) is 12.3. The predicted molar refractivity (Wildman–Crippen MR) is 105 cm³/mol. The van der Waals surface area contributed by atoms with Gasteiger partial charge in [0, 0.05) is 24.1 Å². The average molecular weight is 407 g/mol. The van der Waals surface area contributed by atoms with Gasteiger partial charge >= 0.3 is 0 Å². The number of carbonyl (C=O) groups is 1. The number of methoxy groups -OCH3 is 1. The minimum absolute atomic E-state index is 0.0482. The maximum atomic E-state index is 12.9. The van der Waals surface area contributed by atoms with Gasteiger partial charge in [-0.2, -0.15) is 0 Å². The van der Waals surface area contributed by atoms with Crippen LogP contribution in [0.3, 0.4) is 0 Å². The van der Waals surface area contributed by atoms with Crippen molar-refractivity contribution in [1.82, 2.24) is 10.5 Å². The summed E-state index contributed by atoms with van der Waals surface area (Å²) in [6.07, 6.45) is 5.26. The Labute approximate surface area is 165 Å². The normalized spacial score (nSPS) is 15.4. The van der Waals surface area contributed by atoms with E-state index in [4.69, 9.17) is 9.26 Å². The molecule has 0 radical (unpaired) electrons. The highest BCUT2D eigenvalue weighted by Gasteiger charge is 2.23. The van der Waals surface area contributed by atoms with Crippen LogP contribution in [-0.2, 0) is 14.6 Å². The van der Waals surface area contributed by atoms with Crippen LogP contribution in [0.4, 0.5) is 0 Å². The molecule has 7 nitrogen and oxygen atoms in total. The minimum Gasteiger partial charge on any atom is -0.495 e. The Bertz CT molecular complexity index is 930. The van der Waals surface area contributed by atoms with Crippen molar-refractivity contribution in [1.29, 1.82) is 0 Å². The second-order valence-electron chi connectivity index (χ2n) is 7.17. The Morgan fingerprint density at radius 2 is 2.00 bits per heavy atom. The molecule has 0 atom stereocenters. The molecule has 0 aliphatic heterocycles. The van der Waals surface area contributed by atoms with Gasteiger partial charge < -0.3 is 14.6 Å². The van der Waals surface area contributed by atoms with Crippen molar-refractivity contribution >= 4 is 15.7 Å². The molecule has 0 saturated heterocycles. The number of amides is 1. The quantitative estimate of drug-likeness (QED) is 0.758. The zero-order valence-corrected chi connectivity index (χ0v) is 17.0. The zero-order chi connectivity index (χ0) is 20.1. The molecule has 1 fully saturated rings. The zero-order valence-electron chi connectivity index (χ0n) is 16.2. The molecule has 0 bridgehead atoms. The van der Waals surface area contributed by atoms with Gasteiger partial charge in [0.15, 0.2) is 15.6 Å². The number of ether oxygens (including phenoxy) is 1. The largest absolute Gasteiger partial charge is 0.495 e. The molecule has 1 heterocycles. The first-order valence-corrected chi connectivity index (χ1v) is 11.2. The second-order valence-corrected chi connectivity index (χ2v) is 9.25. The molecule has 8 heteroatoms. The van der Waals surface area contributed by atoms with Crippen LogP contribution in [0.25, 0.3) is 11.3 Å². The summed E-state index contributed by atoms with van der Waals surface area (Å²) in [6.45, 7) is 1.79. The van der Waals surface area contributed by atoms with E-state index in [0.29, 0.717) is 17.0 Å². The fraction of sp³-hybridized carbons (Fsp3) is 0.500. The van der Waals surface area contributed by atoms with Crippen LogP contribution >= 0.6 is 0 Å². The Hall–Kier alpha value is -2.35. The number of nitrogens with one attached hydrogen (secondary N) is 1. The number of aryl methyl sites for hydroxylation is 1. The minimum atomic E-state index is -3.71. The highest BCUT2D eigenvalue weighted by molar-refractivity contribution is 7.91. The summed E-state index contributed by atoms with van der Waals surface area (Å²) in [6, 6.07) is 6.70. The summed E-state index contributed by atoms with van der Waals surface area (Å²) in [5.41, 5.74) is 1.29. The molecular formula is C20H26N2O5S. The fourth-order valence-corrected chi connectivity index (χ4v) is 4.89. The van der Waals surface area contributed by atoms with Crippen LogP contribution in [0.5, 0.6) is 5.75 Å². The topological polar surface area (TPSA) is 98.5 Å². The summed E-state index contributed by atoms with van der Waals surface area (Å²) < 4.78 is 36.2. The molecule has 1 N–H and O–H groups in total. The number of sulfone groups is 1. The van der Waals surface area contributed by atoms with Crippen LogP contribution in [0, 0.1) is 6.92 Å². The second kappa shape index (κ2) is 8.77. The first-order chi connectivity index (χ1) is 13.4. The van der Waals surface area contributed by atoms with Gasteiger partial charge in [-0.3, -0.25) is 4.79 Å². The maximum Gasteiger partial charge on any atom is 0.221 e. The van der Waals surface area contributed by atoms with Crippen molar-refractivity contribution in [3.05, 3.63) is 30.0 Å². The lowest BCUT2D eigenvalue weighted by atomic mass is 9.95. The van der Waals surface area contributed by atoms with E-state index in [2.05, 4.69) is 10.5 Å². The van der Waals surface area contributed by atoms with Crippen LogP contribution in [-0.4, -0.2) is 38.4 Å². The van der Waals surface area contributed by atoms with Gasteiger partial charge in [-0.15, -0.1) is 0 Å². The monoisotopic (exact) mass is 406 g/mol. The van der Waals surface area contributed by atoms with Crippen molar-refractivity contribution in [2.45, 2.75) is 56.4 Å². The highest BCUT2D eigenvalue weighted by Crippen LogP contribution is 2.31. The molecule has 1 aromatic heterocycles. The predicted octanol–water partition coefficient (Wildman–Crippen LogP) is 3.27. The van der Waals surface area contributed by atoms with Crippen molar-refractivity contribution in [2.75, 3.05) is 12.9 Å². The Morgan fingerprint density at radius 3 is 2.64 bits per heavy atom. The van der Waals surface area contributed by atoms with Gasteiger partial charge in [0.2, 0.25) is 5.91 Å². The van der Waals surface area contributed by atoms with E-state index in [9.17, 15) is 13.2 Å². The van der Waals surface area contributed by atoms with Gasteiger partial charge in [0.05, 0.1) is 18.6 Å². The third-order valence-electron chi connectivity index (χ3n) is 4.98. The number of hydrogen-bond donors (Lipinski definition) is 1. The number of aromatic nitrogens is 1. The van der Waals surface area contributed by atoms with E-state index in [1.807, 2.05) is 0 Å². The molecule has 1 aliphatic rings. The van der Waals surface area contributed by atoms with Crippen LogP contribution in [0.15, 0.2) is 33.7 Å². The average Bonchev–Trinajstić information content (AvgIpc) is 3.13. The highest BCUT2D eigenvalue weighted by atomic mass is 32.2. The van der Waals surface area contributed by atoms with Crippen LogP contribution in [0.1, 0.15) is 44.2 Å². The molecule has 3 rings (SSSR count).